The third-order valence-corrected chi connectivity index (χ3v) is 3.75. The molecule has 2 aromatic carbocycles. The van der Waals surface area contributed by atoms with E-state index in [2.05, 4.69) is 10.6 Å². The number of hydrogen-bond acceptors (Lipinski definition) is 5. The summed E-state index contributed by atoms with van der Waals surface area (Å²) in [5, 5.41) is 15.7. The number of halogens is 1. The average Bonchev–Trinajstić information content (AvgIpc) is 3.24. The molecule has 146 valence electrons. The molecular weight excluding hydrogens is 381 g/mol. The number of benzene rings is 2. The van der Waals surface area contributed by atoms with Crippen molar-refractivity contribution in [3.63, 3.8) is 0 Å². The van der Waals surface area contributed by atoms with Crippen molar-refractivity contribution in [3.8, 4) is 0 Å². The highest BCUT2D eigenvalue weighted by Crippen LogP contribution is 2.17. The minimum atomic E-state index is -0.678. The van der Waals surface area contributed by atoms with Gasteiger partial charge in [-0.15, -0.1) is 0 Å². The zero-order chi connectivity index (χ0) is 20.8. The SMILES string of the molecule is O=C(Nc1ccc([N+](=O)[O-])cc1)/C(=C/c1ccc(F)cc1)NC(=O)c1ccco1. The van der Waals surface area contributed by atoms with E-state index in [1.54, 1.807) is 0 Å². The van der Waals surface area contributed by atoms with E-state index >= 15 is 0 Å². The highest BCUT2D eigenvalue weighted by molar-refractivity contribution is 6.10. The predicted octanol–water partition coefficient (Wildman–Crippen LogP) is 3.74. The van der Waals surface area contributed by atoms with Gasteiger partial charge in [0, 0.05) is 17.8 Å². The number of nitro groups is 1. The first-order valence-electron chi connectivity index (χ1n) is 8.30. The molecular formula is C20H14FN3O5. The summed E-state index contributed by atoms with van der Waals surface area (Å²) in [4.78, 5) is 35.1. The number of nitrogens with one attached hydrogen (secondary N) is 2. The number of carbonyl (C=O) groups excluding carboxylic acids is 2. The molecule has 0 fully saturated rings. The Morgan fingerprint density at radius 1 is 1.03 bits per heavy atom. The quantitative estimate of drug-likeness (QED) is 0.375. The Hall–Kier alpha value is -4.27. The zero-order valence-electron chi connectivity index (χ0n) is 14.8. The van der Waals surface area contributed by atoms with E-state index < -0.39 is 22.6 Å². The van der Waals surface area contributed by atoms with Crippen LogP contribution in [0, 0.1) is 15.9 Å². The van der Waals surface area contributed by atoms with Crippen LogP contribution in [-0.4, -0.2) is 16.7 Å². The lowest BCUT2D eigenvalue weighted by Gasteiger charge is -2.10. The van der Waals surface area contributed by atoms with E-state index in [1.807, 2.05) is 0 Å². The molecule has 29 heavy (non-hydrogen) atoms. The van der Waals surface area contributed by atoms with Crippen molar-refractivity contribution in [3.05, 3.63) is 99.9 Å². The van der Waals surface area contributed by atoms with E-state index in [0.717, 1.165) is 0 Å². The summed E-state index contributed by atoms with van der Waals surface area (Å²) in [6, 6.07) is 13.5. The number of furan rings is 1. The van der Waals surface area contributed by atoms with Gasteiger partial charge in [0.15, 0.2) is 5.76 Å². The van der Waals surface area contributed by atoms with Crippen LogP contribution < -0.4 is 10.6 Å². The average molecular weight is 395 g/mol. The Labute approximate surface area is 163 Å². The molecule has 0 saturated carbocycles. The molecule has 8 nitrogen and oxygen atoms in total. The fourth-order valence-corrected chi connectivity index (χ4v) is 2.34. The maximum atomic E-state index is 13.1. The van der Waals surface area contributed by atoms with Gasteiger partial charge >= 0.3 is 0 Å². The number of amides is 2. The largest absolute Gasteiger partial charge is 0.459 e. The van der Waals surface area contributed by atoms with Gasteiger partial charge in [0.25, 0.3) is 17.5 Å². The maximum absolute atomic E-state index is 13.1. The van der Waals surface area contributed by atoms with Crippen LogP contribution in [0.4, 0.5) is 15.8 Å². The lowest BCUT2D eigenvalue weighted by Crippen LogP contribution is -2.30. The number of nitrogens with zero attached hydrogens (tertiary/aromatic N) is 1. The van der Waals surface area contributed by atoms with E-state index in [0.29, 0.717) is 5.56 Å². The molecule has 2 amide bonds. The summed E-state index contributed by atoms with van der Waals surface area (Å²) in [5.74, 6) is -1.78. The molecule has 0 saturated heterocycles. The van der Waals surface area contributed by atoms with Crippen LogP contribution in [0.1, 0.15) is 16.1 Å². The number of hydrogen-bond donors (Lipinski definition) is 2. The molecule has 0 spiro atoms. The van der Waals surface area contributed by atoms with Gasteiger partial charge in [-0.3, -0.25) is 19.7 Å². The Balaban J connectivity index is 1.84. The second-order valence-corrected chi connectivity index (χ2v) is 5.80. The minimum absolute atomic E-state index is 0.00172. The number of carbonyl (C=O) groups is 2. The topological polar surface area (TPSA) is 114 Å². The Kier molecular flexibility index (Phi) is 5.79. The van der Waals surface area contributed by atoms with Gasteiger partial charge in [0.05, 0.1) is 11.2 Å². The van der Waals surface area contributed by atoms with Crippen LogP contribution in [0.2, 0.25) is 0 Å². The Bertz CT molecular complexity index is 1060. The highest BCUT2D eigenvalue weighted by Gasteiger charge is 2.17. The second kappa shape index (κ2) is 8.61. The van der Waals surface area contributed by atoms with Crippen molar-refractivity contribution in [2.24, 2.45) is 0 Å². The first kappa shape index (κ1) is 19.5. The Morgan fingerprint density at radius 3 is 2.31 bits per heavy atom. The van der Waals surface area contributed by atoms with Crippen molar-refractivity contribution in [1.82, 2.24) is 5.32 Å². The first-order chi connectivity index (χ1) is 13.9. The monoisotopic (exact) mass is 395 g/mol. The molecule has 0 bridgehead atoms. The molecule has 1 heterocycles. The summed E-state index contributed by atoms with van der Waals surface area (Å²) in [6.07, 6.45) is 2.68. The molecule has 9 heteroatoms. The van der Waals surface area contributed by atoms with Gasteiger partial charge < -0.3 is 15.1 Å². The summed E-state index contributed by atoms with van der Waals surface area (Å²) >= 11 is 0. The van der Waals surface area contributed by atoms with Crippen molar-refractivity contribution in [2.75, 3.05) is 5.32 Å². The molecule has 0 aliphatic rings. The number of rotatable bonds is 6. The predicted molar refractivity (Wildman–Crippen MR) is 102 cm³/mol. The smallest absolute Gasteiger partial charge is 0.291 e. The highest BCUT2D eigenvalue weighted by atomic mass is 19.1. The van der Waals surface area contributed by atoms with Crippen LogP contribution in [0.15, 0.2) is 77.0 Å². The van der Waals surface area contributed by atoms with Gasteiger partial charge in [-0.05, 0) is 48.0 Å². The van der Waals surface area contributed by atoms with Gasteiger partial charge in [-0.2, -0.15) is 0 Å². The summed E-state index contributed by atoms with van der Waals surface area (Å²) < 4.78 is 18.1. The van der Waals surface area contributed by atoms with Crippen LogP contribution in [0.25, 0.3) is 6.08 Å². The van der Waals surface area contributed by atoms with Crippen LogP contribution in [0.5, 0.6) is 0 Å². The number of anilines is 1. The second-order valence-electron chi connectivity index (χ2n) is 5.80. The van der Waals surface area contributed by atoms with Crippen molar-refractivity contribution in [1.29, 1.82) is 0 Å². The number of non-ortho nitro benzene ring substituents is 1. The summed E-state index contributed by atoms with van der Waals surface area (Å²) in [5.41, 5.74) is 0.505. The fourth-order valence-electron chi connectivity index (χ4n) is 2.34. The van der Waals surface area contributed by atoms with E-state index in [9.17, 15) is 24.1 Å². The van der Waals surface area contributed by atoms with Gasteiger partial charge in [-0.25, -0.2) is 4.39 Å². The van der Waals surface area contributed by atoms with Gasteiger partial charge in [0.1, 0.15) is 11.5 Å². The standard InChI is InChI=1S/C20H14FN3O5/c21-14-5-3-13(4-6-14)12-17(23-20(26)18-2-1-11-29-18)19(25)22-15-7-9-16(10-8-15)24(27)28/h1-12H,(H,22,25)(H,23,26)/b17-12-. The third kappa shape index (κ3) is 5.13. The number of nitro benzene ring substituents is 1. The molecule has 0 radical (unpaired) electrons. The Morgan fingerprint density at radius 2 is 1.72 bits per heavy atom. The zero-order valence-corrected chi connectivity index (χ0v) is 14.8. The first-order valence-corrected chi connectivity index (χ1v) is 8.30. The van der Waals surface area contributed by atoms with Crippen LogP contribution in [-0.2, 0) is 4.79 Å². The van der Waals surface area contributed by atoms with Gasteiger partial charge in [-0.1, -0.05) is 12.1 Å². The lowest BCUT2D eigenvalue weighted by molar-refractivity contribution is -0.384. The molecule has 0 unspecified atom stereocenters. The van der Waals surface area contributed by atoms with Crippen molar-refractivity contribution in [2.45, 2.75) is 0 Å². The summed E-state index contributed by atoms with van der Waals surface area (Å²) in [7, 11) is 0. The molecule has 3 rings (SSSR count). The lowest BCUT2D eigenvalue weighted by atomic mass is 10.1. The summed E-state index contributed by atoms with van der Waals surface area (Å²) in [6.45, 7) is 0. The van der Waals surface area contributed by atoms with Gasteiger partial charge in [0.2, 0.25) is 0 Å². The van der Waals surface area contributed by atoms with Crippen LogP contribution >= 0.6 is 0 Å². The van der Waals surface area contributed by atoms with Crippen LogP contribution in [0.3, 0.4) is 0 Å². The van der Waals surface area contributed by atoms with E-state index in [-0.39, 0.29) is 22.8 Å². The fraction of sp³-hybridized carbons (Fsp3) is 0. The maximum Gasteiger partial charge on any atom is 0.291 e. The molecule has 0 aliphatic heterocycles. The van der Waals surface area contributed by atoms with Crippen molar-refractivity contribution < 1.29 is 23.3 Å². The van der Waals surface area contributed by atoms with Crippen molar-refractivity contribution >= 4 is 29.3 Å². The third-order valence-electron chi connectivity index (χ3n) is 3.75. The molecule has 0 atom stereocenters. The normalized spacial score (nSPS) is 11.0. The minimum Gasteiger partial charge on any atom is -0.459 e. The molecule has 0 aliphatic carbocycles. The molecule has 3 aromatic rings. The van der Waals surface area contributed by atoms with E-state index in [1.165, 1.54) is 73.0 Å². The molecule has 2 N–H and O–H groups in total. The van der Waals surface area contributed by atoms with E-state index in [4.69, 9.17) is 4.42 Å². The molecule has 1 aromatic heterocycles.